The number of nitrogens with two attached hydrogens (primary N) is 1. The first-order chi connectivity index (χ1) is 8.46. The summed E-state index contributed by atoms with van der Waals surface area (Å²) in [5, 5.41) is 2.72. The lowest BCUT2D eigenvalue weighted by Gasteiger charge is -2.52. The van der Waals surface area contributed by atoms with Crippen LogP contribution in [-0.4, -0.2) is 24.3 Å². The monoisotopic (exact) mass is 254 g/mol. The third-order valence-corrected chi connectivity index (χ3v) is 4.66. The summed E-state index contributed by atoms with van der Waals surface area (Å²) in [6, 6.07) is 0.227. The summed E-state index contributed by atoms with van der Waals surface area (Å²) in [6.07, 6.45) is 3.85. The summed E-state index contributed by atoms with van der Waals surface area (Å²) in [5.41, 5.74) is 6.03. The molecule has 0 aliphatic heterocycles. The van der Waals surface area contributed by atoms with Crippen molar-refractivity contribution >= 4 is 6.09 Å². The molecule has 2 bridgehead atoms. The van der Waals surface area contributed by atoms with Gasteiger partial charge >= 0.3 is 6.09 Å². The van der Waals surface area contributed by atoms with Gasteiger partial charge in [-0.25, -0.2) is 4.79 Å². The van der Waals surface area contributed by atoms with E-state index < -0.39 is 0 Å². The smallest absolute Gasteiger partial charge is 0.407 e. The van der Waals surface area contributed by atoms with E-state index in [0.29, 0.717) is 24.3 Å². The molecule has 1 amide bonds. The maximum absolute atomic E-state index is 11.6. The van der Waals surface area contributed by atoms with E-state index in [9.17, 15) is 4.79 Å². The van der Waals surface area contributed by atoms with Gasteiger partial charge in [0.25, 0.3) is 0 Å². The standard InChI is InChI=1S/C14H26N2O2/c1-4-16-13(17)18-14-6-10(3)12(15)9(2)5-11(7-14)8-14/h9-12H,4-8,15H2,1-3H3,(H,16,17). The van der Waals surface area contributed by atoms with Gasteiger partial charge in [0.05, 0.1) is 0 Å². The van der Waals surface area contributed by atoms with Crippen molar-refractivity contribution in [2.45, 2.75) is 58.1 Å². The fraction of sp³-hybridized carbons (Fsp3) is 0.929. The molecule has 4 heteroatoms. The van der Waals surface area contributed by atoms with Crippen LogP contribution in [0.5, 0.6) is 0 Å². The van der Waals surface area contributed by atoms with E-state index in [1.54, 1.807) is 0 Å². The van der Waals surface area contributed by atoms with Gasteiger partial charge in [-0.15, -0.1) is 0 Å². The van der Waals surface area contributed by atoms with Gasteiger partial charge in [-0.05, 0) is 50.4 Å². The van der Waals surface area contributed by atoms with Gasteiger partial charge in [0.2, 0.25) is 0 Å². The number of hydrogen-bond acceptors (Lipinski definition) is 3. The molecule has 3 rings (SSSR count). The van der Waals surface area contributed by atoms with Crippen LogP contribution in [0.3, 0.4) is 0 Å². The highest BCUT2D eigenvalue weighted by Gasteiger charge is 2.51. The molecule has 0 heterocycles. The van der Waals surface area contributed by atoms with Crippen molar-refractivity contribution in [2.75, 3.05) is 6.54 Å². The summed E-state index contributed by atoms with van der Waals surface area (Å²) in [4.78, 5) is 11.6. The Balaban J connectivity index is 2.00. The summed E-state index contributed by atoms with van der Waals surface area (Å²) in [6.45, 7) is 6.95. The van der Waals surface area contributed by atoms with Crippen molar-refractivity contribution in [1.82, 2.24) is 5.32 Å². The van der Waals surface area contributed by atoms with Gasteiger partial charge in [0.1, 0.15) is 5.60 Å². The second-order valence-electron chi connectivity index (χ2n) is 6.35. The van der Waals surface area contributed by atoms with Crippen LogP contribution in [-0.2, 0) is 4.74 Å². The SMILES string of the molecule is CCNC(=O)OC12CC(CC(C)C(N)C(C)C1)C2. The average Bonchev–Trinajstić information content (AvgIpc) is 2.24. The Morgan fingerprint density at radius 3 is 2.61 bits per heavy atom. The first-order valence-corrected chi connectivity index (χ1v) is 7.18. The van der Waals surface area contributed by atoms with E-state index in [1.807, 2.05) is 6.92 Å². The number of alkyl carbamates (subject to hydrolysis) is 1. The molecule has 3 atom stereocenters. The van der Waals surface area contributed by atoms with E-state index in [4.69, 9.17) is 10.5 Å². The van der Waals surface area contributed by atoms with Gasteiger partial charge in [0.15, 0.2) is 0 Å². The second-order valence-corrected chi connectivity index (χ2v) is 6.35. The van der Waals surface area contributed by atoms with Crippen LogP contribution in [0.1, 0.15) is 46.5 Å². The highest BCUT2D eigenvalue weighted by atomic mass is 16.6. The number of rotatable bonds is 2. The molecule has 0 spiro atoms. The Kier molecular flexibility index (Phi) is 3.85. The molecular weight excluding hydrogens is 228 g/mol. The number of fused-ring (bicyclic) bond motifs is 4. The van der Waals surface area contributed by atoms with E-state index >= 15 is 0 Å². The Labute approximate surface area is 110 Å². The minimum absolute atomic E-state index is 0.227. The molecule has 0 saturated heterocycles. The minimum atomic E-state index is -0.273. The predicted octanol–water partition coefficient (Wildman–Crippen LogP) is 2.27. The predicted molar refractivity (Wildman–Crippen MR) is 71.2 cm³/mol. The molecule has 3 unspecified atom stereocenters. The summed E-state index contributed by atoms with van der Waals surface area (Å²) in [5.74, 6) is 1.68. The number of hydrogen-bond donors (Lipinski definition) is 2. The van der Waals surface area contributed by atoms with Crippen LogP contribution >= 0.6 is 0 Å². The van der Waals surface area contributed by atoms with Gasteiger partial charge < -0.3 is 15.8 Å². The van der Waals surface area contributed by atoms with Crippen molar-refractivity contribution < 1.29 is 9.53 Å². The highest BCUT2D eigenvalue weighted by Crippen LogP contribution is 2.50. The van der Waals surface area contributed by atoms with Crippen molar-refractivity contribution in [3.8, 4) is 0 Å². The molecule has 3 aliphatic carbocycles. The molecule has 0 aromatic carbocycles. The molecule has 0 aromatic rings. The fourth-order valence-corrected chi connectivity index (χ4v) is 3.79. The third kappa shape index (κ3) is 2.63. The van der Waals surface area contributed by atoms with E-state index in [0.717, 1.165) is 19.3 Å². The molecule has 0 radical (unpaired) electrons. The normalized spacial score (nSPS) is 43.3. The van der Waals surface area contributed by atoms with Crippen molar-refractivity contribution in [2.24, 2.45) is 23.5 Å². The summed E-state index contributed by atoms with van der Waals surface area (Å²) in [7, 11) is 0. The quantitative estimate of drug-likeness (QED) is 0.794. The molecular formula is C14H26N2O2. The highest BCUT2D eigenvalue weighted by molar-refractivity contribution is 5.67. The zero-order valence-electron chi connectivity index (χ0n) is 11.7. The number of carbonyl (C=O) groups excluding carboxylic acids is 1. The van der Waals surface area contributed by atoms with Gasteiger partial charge in [0, 0.05) is 12.6 Å². The van der Waals surface area contributed by atoms with Crippen LogP contribution in [0.25, 0.3) is 0 Å². The van der Waals surface area contributed by atoms with Gasteiger partial charge in [-0.2, -0.15) is 0 Å². The van der Waals surface area contributed by atoms with Crippen molar-refractivity contribution in [3.05, 3.63) is 0 Å². The minimum Gasteiger partial charge on any atom is -0.443 e. The van der Waals surface area contributed by atoms with Crippen LogP contribution in [0.2, 0.25) is 0 Å². The Morgan fingerprint density at radius 1 is 1.33 bits per heavy atom. The first-order valence-electron chi connectivity index (χ1n) is 7.18. The van der Waals surface area contributed by atoms with Crippen molar-refractivity contribution in [1.29, 1.82) is 0 Å². The summed E-state index contributed by atoms with van der Waals surface area (Å²) >= 11 is 0. The third-order valence-electron chi connectivity index (χ3n) is 4.66. The fourth-order valence-electron chi connectivity index (χ4n) is 3.79. The Morgan fingerprint density at radius 2 is 2.00 bits per heavy atom. The molecule has 18 heavy (non-hydrogen) atoms. The van der Waals surface area contributed by atoms with Gasteiger partial charge in [-0.1, -0.05) is 13.8 Å². The Bertz CT molecular complexity index is 313. The molecule has 0 aromatic heterocycles. The molecule has 3 saturated carbocycles. The van der Waals surface area contributed by atoms with Gasteiger partial charge in [-0.3, -0.25) is 0 Å². The lowest BCUT2D eigenvalue weighted by Crippen LogP contribution is -2.55. The van der Waals surface area contributed by atoms with Crippen LogP contribution in [0.15, 0.2) is 0 Å². The molecule has 3 aliphatic rings. The van der Waals surface area contributed by atoms with Crippen LogP contribution in [0.4, 0.5) is 4.79 Å². The molecule has 4 nitrogen and oxygen atoms in total. The van der Waals surface area contributed by atoms with Crippen LogP contribution < -0.4 is 11.1 Å². The average molecular weight is 254 g/mol. The van der Waals surface area contributed by atoms with E-state index in [2.05, 4.69) is 19.2 Å². The summed E-state index contributed by atoms with van der Waals surface area (Å²) < 4.78 is 5.67. The van der Waals surface area contributed by atoms with E-state index in [-0.39, 0.29) is 17.7 Å². The lowest BCUT2D eigenvalue weighted by molar-refractivity contribution is -0.113. The number of ether oxygens (including phenoxy) is 1. The largest absolute Gasteiger partial charge is 0.443 e. The zero-order chi connectivity index (χ0) is 13.3. The van der Waals surface area contributed by atoms with E-state index in [1.165, 1.54) is 6.42 Å². The van der Waals surface area contributed by atoms with Crippen LogP contribution in [0, 0.1) is 17.8 Å². The second kappa shape index (κ2) is 5.08. The lowest BCUT2D eigenvalue weighted by atomic mass is 9.60. The number of nitrogens with one attached hydrogen (secondary N) is 1. The Hall–Kier alpha value is -0.770. The topological polar surface area (TPSA) is 64.3 Å². The number of amides is 1. The number of carbonyl (C=O) groups is 1. The first kappa shape index (κ1) is 13.7. The molecule has 3 N–H and O–H groups in total. The molecule has 104 valence electrons. The maximum Gasteiger partial charge on any atom is 0.407 e. The zero-order valence-corrected chi connectivity index (χ0v) is 11.7. The van der Waals surface area contributed by atoms with Crippen molar-refractivity contribution in [3.63, 3.8) is 0 Å². The maximum atomic E-state index is 11.6. The molecule has 3 fully saturated rings.